The minimum absolute atomic E-state index is 0.212. The van der Waals surface area contributed by atoms with E-state index in [1.807, 2.05) is 23.6 Å². The monoisotopic (exact) mass is 412 g/mol. The summed E-state index contributed by atoms with van der Waals surface area (Å²) in [5.74, 6) is -0.000597. The van der Waals surface area contributed by atoms with E-state index in [2.05, 4.69) is 5.32 Å². The number of amides is 1. The number of nitrogen functional groups attached to an aromatic ring is 1. The molecule has 0 bridgehead atoms. The van der Waals surface area contributed by atoms with E-state index in [4.69, 9.17) is 15.5 Å². The Morgan fingerprint density at radius 2 is 2.17 bits per heavy atom. The van der Waals surface area contributed by atoms with Crippen molar-refractivity contribution in [2.75, 3.05) is 45.6 Å². The fourth-order valence-corrected chi connectivity index (χ4v) is 4.05. The molecule has 1 aliphatic heterocycles. The maximum absolute atomic E-state index is 13.2. The topological polar surface area (TPSA) is 107 Å². The zero-order chi connectivity index (χ0) is 21.3. The number of nitrogens with zero attached hydrogens (tertiary/aromatic N) is 3. The van der Waals surface area contributed by atoms with E-state index in [1.54, 1.807) is 19.3 Å². The zero-order valence-corrected chi connectivity index (χ0v) is 17.4. The van der Waals surface area contributed by atoms with Crippen LogP contribution in [0, 0.1) is 6.92 Å². The van der Waals surface area contributed by atoms with Crippen LogP contribution in [0.4, 0.5) is 5.82 Å². The highest BCUT2D eigenvalue weighted by Crippen LogP contribution is 2.15. The first kappa shape index (κ1) is 20.2. The van der Waals surface area contributed by atoms with Crippen molar-refractivity contribution in [1.29, 1.82) is 0 Å². The molecule has 1 amide bonds. The van der Waals surface area contributed by atoms with Crippen LogP contribution >= 0.6 is 0 Å². The SMILES string of the molecule is CNC(=O)c1cc2c(=O)n3cccc(C)c3nc2[n+](CCC[NH+]2CCOCC2)c1N. The maximum atomic E-state index is 13.2. The van der Waals surface area contributed by atoms with E-state index in [1.165, 1.54) is 9.30 Å². The normalized spacial score (nSPS) is 15.0. The van der Waals surface area contributed by atoms with Crippen molar-refractivity contribution in [2.45, 2.75) is 19.9 Å². The second-order valence-electron chi connectivity index (χ2n) is 7.68. The Balaban J connectivity index is 1.83. The van der Waals surface area contributed by atoms with E-state index >= 15 is 0 Å². The molecular weight excluding hydrogens is 384 g/mol. The summed E-state index contributed by atoms with van der Waals surface area (Å²) >= 11 is 0. The number of fused-ring (bicyclic) bond motifs is 2. The number of anilines is 1. The molecule has 0 saturated carbocycles. The van der Waals surface area contributed by atoms with Crippen LogP contribution in [0.5, 0.6) is 0 Å². The van der Waals surface area contributed by atoms with Crippen LogP contribution in [0.25, 0.3) is 16.7 Å². The van der Waals surface area contributed by atoms with Crippen molar-refractivity contribution in [1.82, 2.24) is 14.7 Å². The zero-order valence-electron chi connectivity index (χ0n) is 17.4. The predicted molar refractivity (Wildman–Crippen MR) is 113 cm³/mol. The molecule has 4 rings (SSSR count). The van der Waals surface area contributed by atoms with Gasteiger partial charge in [-0.2, -0.15) is 0 Å². The number of nitrogens with two attached hydrogens (primary N) is 1. The summed E-state index contributed by atoms with van der Waals surface area (Å²) in [6, 6.07) is 5.28. The Bertz CT molecular complexity index is 1170. The van der Waals surface area contributed by atoms with Crippen LogP contribution in [0.1, 0.15) is 22.3 Å². The lowest BCUT2D eigenvalue weighted by Crippen LogP contribution is -3.14. The summed E-state index contributed by atoms with van der Waals surface area (Å²) < 4.78 is 8.75. The Morgan fingerprint density at radius 3 is 2.90 bits per heavy atom. The first-order chi connectivity index (χ1) is 14.5. The minimum atomic E-state index is -0.323. The van der Waals surface area contributed by atoms with E-state index in [-0.39, 0.29) is 17.0 Å². The number of rotatable bonds is 5. The molecule has 158 valence electrons. The molecule has 4 N–H and O–H groups in total. The van der Waals surface area contributed by atoms with Crippen LogP contribution in [0.2, 0.25) is 0 Å². The molecule has 1 fully saturated rings. The molecule has 30 heavy (non-hydrogen) atoms. The Kier molecular flexibility index (Phi) is 5.65. The average Bonchev–Trinajstić information content (AvgIpc) is 2.76. The van der Waals surface area contributed by atoms with Gasteiger partial charge in [-0.15, -0.1) is 0 Å². The van der Waals surface area contributed by atoms with E-state index in [0.717, 1.165) is 44.8 Å². The van der Waals surface area contributed by atoms with Crippen molar-refractivity contribution >= 4 is 28.4 Å². The van der Waals surface area contributed by atoms with Crippen LogP contribution in [-0.4, -0.2) is 55.2 Å². The molecule has 4 heterocycles. The van der Waals surface area contributed by atoms with Crippen molar-refractivity contribution in [3.8, 4) is 0 Å². The molecule has 0 aromatic carbocycles. The number of morpholine rings is 1. The second-order valence-corrected chi connectivity index (χ2v) is 7.68. The van der Waals surface area contributed by atoms with Crippen molar-refractivity contribution in [3.05, 3.63) is 45.9 Å². The number of aromatic nitrogens is 3. The van der Waals surface area contributed by atoms with Gasteiger partial charge < -0.3 is 20.7 Å². The quantitative estimate of drug-likeness (QED) is 0.356. The Labute approximate surface area is 174 Å². The molecule has 0 spiro atoms. The van der Waals surface area contributed by atoms with Gasteiger partial charge in [0.15, 0.2) is 0 Å². The molecule has 1 aliphatic rings. The fourth-order valence-electron chi connectivity index (χ4n) is 4.05. The van der Waals surface area contributed by atoms with Gasteiger partial charge in [0.2, 0.25) is 11.5 Å². The number of pyridine rings is 2. The number of ether oxygens (including phenoxy) is 1. The minimum Gasteiger partial charge on any atom is -0.370 e. The summed E-state index contributed by atoms with van der Waals surface area (Å²) in [4.78, 5) is 31.9. The highest BCUT2D eigenvalue weighted by molar-refractivity contribution is 6.00. The number of hydrogen-bond acceptors (Lipinski definition) is 5. The molecule has 3 aromatic heterocycles. The standard InChI is InChI=1S/C21H26N6O3/c1-14-5-3-7-27-18(14)24-19-16(21(27)29)13-15(20(28)23-2)17(22)26(19)8-4-6-25-9-11-30-12-10-25/h3,5,7,13,22H,4,6,8-12H2,1-2H3,(H,23,28)/p+2. The summed E-state index contributed by atoms with van der Waals surface area (Å²) in [5.41, 5.74) is 8.48. The predicted octanol–water partition coefficient (Wildman–Crippen LogP) is -1.31. The van der Waals surface area contributed by atoms with Gasteiger partial charge in [-0.3, -0.25) is 14.0 Å². The molecular formula is C21H28N6O3+2. The third-order valence-electron chi connectivity index (χ3n) is 5.76. The number of hydrogen-bond donors (Lipinski definition) is 3. The lowest BCUT2D eigenvalue weighted by molar-refractivity contribution is -0.910. The summed E-state index contributed by atoms with van der Waals surface area (Å²) in [6.07, 6.45) is 2.55. The third-order valence-corrected chi connectivity index (χ3v) is 5.76. The molecule has 3 aromatic rings. The van der Waals surface area contributed by atoms with Gasteiger partial charge in [0.25, 0.3) is 17.1 Å². The molecule has 0 aliphatic carbocycles. The lowest BCUT2D eigenvalue weighted by atomic mass is 10.1. The molecule has 9 nitrogen and oxygen atoms in total. The molecule has 0 radical (unpaired) electrons. The first-order valence-corrected chi connectivity index (χ1v) is 10.3. The molecule has 0 atom stereocenters. The lowest BCUT2D eigenvalue weighted by Gasteiger charge is -2.23. The summed E-state index contributed by atoms with van der Waals surface area (Å²) in [6.45, 7) is 7.00. The van der Waals surface area contributed by atoms with Gasteiger partial charge >= 0.3 is 0 Å². The van der Waals surface area contributed by atoms with Crippen LogP contribution in [0.3, 0.4) is 0 Å². The van der Waals surface area contributed by atoms with Gasteiger partial charge in [0.1, 0.15) is 24.0 Å². The van der Waals surface area contributed by atoms with Gasteiger partial charge in [0, 0.05) is 25.2 Å². The van der Waals surface area contributed by atoms with Crippen molar-refractivity contribution < 1.29 is 19.0 Å². The number of carbonyl (C=O) groups excluding carboxylic acids is 1. The van der Waals surface area contributed by atoms with Gasteiger partial charge in [-0.05, 0) is 19.1 Å². The maximum Gasteiger partial charge on any atom is 0.278 e. The van der Waals surface area contributed by atoms with Crippen molar-refractivity contribution in [3.63, 3.8) is 0 Å². The first-order valence-electron chi connectivity index (χ1n) is 10.3. The largest absolute Gasteiger partial charge is 0.370 e. The third kappa shape index (κ3) is 3.61. The highest BCUT2D eigenvalue weighted by atomic mass is 16.5. The average molecular weight is 412 g/mol. The Morgan fingerprint density at radius 1 is 1.40 bits per heavy atom. The van der Waals surface area contributed by atoms with Crippen LogP contribution in [-0.2, 0) is 11.3 Å². The van der Waals surface area contributed by atoms with Gasteiger partial charge in [-0.25, -0.2) is 4.57 Å². The highest BCUT2D eigenvalue weighted by Gasteiger charge is 2.24. The number of nitrogens with one attached hydrogen (secondary N) is 2. The van der Waals surface area contributed by atoms with E-state index < -0.39 is 0 Å². The van der Waals surface area contributed by atoms with E-state index in [9.17, 15) is 9.59 Å². The summed E-state index contributed by atoms with van der Waals surface area (Å²) in [5, 5.41) is 2.99. The second kappa shape index (κ2) is 8.37. The number of aryl methyl sites for hydroxylation is 2. The number of carbonyl (C=O) groups is 1. The van der Waals surface area contributed by atoms with Gasteiger partial charge in [-0.1, -0.05) is 11.1 Å². The van der Waals surface area contributed by atoms with Crippen LogP contribution < -0.4 is 26.1 Å². The molecule has 0 unspecified atom stereocenters. The summed E-state index contributed by atoms with van der Waals surface area (Å²) in [7, 11) is 1.55. The van der Waals surface area contributed by atoms with Crippen molar-refractivity contribution in [2.24, 2.45) is 0 Å². The molecule has 9 heteroatoms. The fraction of sp³-hybridized carbons (Fsp3) is 0.429. The van der Waals surface area contributed by atoms with Crippen LogP contribution in [0.15, 0.2) is 29.2 Å². The van der Waals surface area contributed by atoms with Gasteiger partial charge in [0.05, 0.1) is 26.3 Å². The number of quaternary nitrogens is 1. The van der Waals surface area contributed by atoms with E-state index in [0.29, 0.717) is 29.0 Å². The smallest absolute Gasteiger partial charge is 0.278 e. The Hall–Kier alpha value is -3.04. The molecule has 1 saturated heterocycles.